The van der Waals surface area contributed by atoms with Gasteiger partial charge in [0.2, 0.25) is 5.91 Å². The topological polar surface area (TPSA) is 92.5 Å². The molecule has 30 heavy (non-hydrogen) atoms. The highest BCUT2D eigenvalue weighted by Crippen LogP contribution is 2.20. The van der Waals surface area contributed by atoms with Gasteiger partial charge in [0.15, 0.2) is 0 Å². The maximum absolute atomic E-state index is 12.9. The molecular weight excluding hydrogens is 406 g/mol. The molecule has 0 aliphatic carbocycles. The summed E-state index contributed by atoms with van der Waals surface area (Å²) < 4.78 is 1.42. The van der Waals surface area contributed by atoms with E-state index in [1.165, 1.54) is 15.5 Å². The Morgan fingerprint density at radius 3 is 2.60 bits per heavy atom. The van der Waals surface area contributed by atoms with Gasteiger partial charge in [-0.3, -0.25) is 19.0 Å². The molecule has 2 heterocycles. The first-order valence-electron chi connectivity index (χ1n) is 10.3. The molecule has 1 aliphatic heterocycles. The van der Waals surface area contributed by atoms with Crippen LogP contribution in [0.25, 0.3) is 11.3 Å². The Morgan fingerprint density at radius 1 is 1.23 bits per heavy atom. The average Bonchev–Trinajstić information content (AvgIpc) is 3.21. The van der Waals surface area contributed by atoms with E-state index in [-0.39, 0.29) is 24.6 Å². The van der Waals surface area contributed by atoms with Crippen LogP contribution in [0.1, 0.15) is 38.4 Å². The molecule has 2 aromatic rings. The molecule has 1 aromatic heterocycles. The van der Waals surface area contributed by atoms with Crippen molar-refractivity contribution in [3.8, 4) is 11.3 Å². The van der Waals surface area contributed by atoms with E-state index in [0.29, 0.717) is 35.9 Å². The minimum absolute atomic E-state index is 0.124. The fourth-order valence-electron chi connectivity index (χ4n) is 3.64. The van der Waals surface area contributed by atoms with Gasteiger partial charge >= 0.3 is 5.97 Å². The zero-order chi connectivity index (χ0) is 21.7. The van der Waals surface area contributed by atoms with Gasteiger partial charge in [-0.15, -0.1) is 0 Å². The highest BCUT2D eigenvalue weighted by atomic mass is 35.5. The number of carboxylic acids is 1. The van der Waals surface area contributed by atoms with Crippen LogP contribution in [-0.4, -0.2) is 44.5 Å². The number of likely N-dealkylation sites (tertiary alicyclic amines) is 1. The summed E-state index contributed by atoms with van der Waals surface area (Å²) in [7, 11) is 0. The molecule has 0 spiro atoms. The number of unbranched alkanes of at least 4 members (excludes halogenated alkanes) is 2. The van der Waals surface area contributed by atoms with Crippen molar-refractivity contribution in [1.82, 2.24) is 14.5 Å². The Bertz CT molecular complexity index is 971. The average molecular weight is 432 g/mol. The number of benzene rings is 1. The lowest BCUT2D eigenvalue weighted by molar-refractivity contribution is -0.141. The van der Waals surface area contributed by atoms with Gasteiger partial charge in [-0.25, -0.2) is 4.98 Å². The maximum atomic E-state index is 12.9. The van der Waals surface area contributed by atoms with E-state index in [0.717, 1.165) is 24.8 Å². The number of carbonyl (C=O) groups is 2. The van der Waals surface area contributed by atoms with E-state index in [1.54, 1.807) is 12.1 Å². The van der Waals surface area contributed by atoms with Crippen LogP contribution in [0.3, 0.4) is 0 Å². The Morgan fingerprint density at radius 2 is 1.97 bits per heavy atom. The van der Waals surface area contributed by atoms with Crippen LogP contribution in [-0.2, 0) is 22.6 Å². The van der Waals surface area contributed by atoms with Gasteiger partial charge in [-0.1, -0.05) is 43.5 Å². The van der Waals surface area contributed by atoms with Crippen LogP contribution in [0, 0.1) is 5.92 Å². The summed E-state index contributed by atoms with van der Waals surface area (Å²) in [5.74, 6) is -1.11. The zero-order valence-electron chi connectivity index (χ0n) is 17.0. The van der Waals surface area contributed by atoms with Crippen LogP contribution in [0.5, 0.6) is 0 Å². The lowest BCUT2D eigenvalue weighted by Gasteiger charge is -2.19. The molecule has 0 saturated carbocycles. The lowest BCUT2D eigenvalue weighted by Crippen LogP contribution is -2.37. The summed E-state index contributed by atoms with van der Waals surface area (Å²) in [4.78, 5) is 43.0. The van der Waals surface area contributed by atoms with Crippen LogP contribution < -0.4 is 5.56 Å². The second-order valence-corrected chi connectivity index (χ2v) is 8.05. The number of aliphatic carboxylic acids is 1. The summed E-state index contributed by atoms with van der Waals surface area (Å²) in [6, 6.07) is 8.55. The largest absolute Gasteiger partial charge is 0.481 e. The highest BCUT2D eigenvalue weighted by Gasteiger charge is 2.31. The number of carboxylic acid groups (broad SMARTS) is 1. The van der Waals surface area contributed by atoms with Gasteiger partial charge < -0.3 is 10.0 Å². The first-order chi connectivity index (χ1) is 14.4. The number of carbonyl (C=O) groups excluding carboxylic acids is 1. The number of nitrogens with zero attached hydrogens (tertiary/aromatic N) is 3. The summed E-state index contributed by atoms with van der Waals surface area (Å²) >= 11 is 5.96. The van der Waals surface area contributed by atoms with Gasteiger partial charge in [0.25, 0.3) is 5.56 Å². The third-order valence-electron chi connectivity index (χ3n) is 5.41. The molecule has 8 heteroatoms. The predicted molar refractivity (Wildman–Crippen MR) is 114 cm³/mol. The summed E-state index contributed by atoms with van der Waals surface area (Å²) in [5.41, 5.74) is 1.05. The highest BCUT2D eigenvalue weighted by molar-refractivity contribution is 6.30. The molecule has 1 N–H and O–H groups in total. The van der Waals surface area contributed by atoms with Gasteiger partial charge in [0.05, 0.1) is 11.6 Å². The molecule has 1 atom stereocenters. The van der Waals surface area contributed by atoms with Crippen molar-refractivity contribution in [2.75, 3.05) is 13.1 Å². The Kier molecular flexibility index (Phi) is 7.26. The number of halogens is 1. The number of amides is 1. The molecule has 1 fully saturated rings. The molecule has 1 amide bonds. The zero-order valence-corrected chi connectivity index (χ0v) is 17.8. The fourth-order valence-corrected chi connectivity index (χ4v) is 3.77. The van der Waals surface area contributed by atoms with Crippen LogP contribution in [0.15, 0.2) is 35.1 Å². The van der Waals surface area contributed by atoms with Crippen molar-refractivity contribution in [1.29, 1.82) is 0 Å². The fraction of sp³-hybridized carbons (Fsp3) is 0.455. The molecule has 3 rings (SSSR count). The molecular formula is C22H26ClN3O4. The van der Waals surface area contributed by atoms with Gasteiger partial charge in [-0.2, -0.15) is 0 Å². The van der Waals surface area contributed by atoms with E-state index < -0.39 is 11.9 Å². The van der Waals surface area contributed by atoms with E-state index in [2.05, 4.69) is 11.9 Å². The van der Waals surface area contributed by atoms with Crippen molar-refractivity contribution < 1.29 is 14.7 Å². The first kappa shape index (κ1) is 22.0. The van der Waals surface area contributed by atoms with Crippen LogP contribution >= 0.6 is 11.6 Å². The first-order valence-corrected chi connectivity index (χ1v) is 10.6. The Balaban J connectivity index is 1.86. The Hall–Kier alpha value is -2.67. The van der Waals surface area contributed by atoms with Gasteiger partial charge in [0, 0.05) is 36.2 Å². The van der Waals surface area contributed by atoms with Crippen molar-refractivity contribution in [2.24, 2.45) is 5.92 Å². The smallest absolute Gasteiger partial charge is 0.308 e. The lowest BCUT2D eigenvalue weighted by atomic mass is 10.1. The number of hydrogen-bond donors (Lipinski definition) is 1. The predicted octanol–water partition coefficient (Wildman–Crippen LogP) is 3.23. The van der Waals surface area contributed by atoms with E-state index in [1.807, 2.05) is 12.1 Å². The van der Waals surface area contributed by atoms with E-state index in [4.69, 9.17) is 16.7 Å². The SMILES string of the molecule is CCCCCc1nc(-c2ccc(Cl)cc2)cc(=O)n1CC(=O)N1CCC(C(=O)O)C1. The maximum Gasteiger partial charge on any atom is 0.308 e. The standard InChI is InChI=1S/C22H26ClN3O4/c1-2-3-4-5-19-24-18(15-6-8-17(23)9-7-15)12-20(27)26(19)14-21(28)25-11-10-16(13-25)22(29)30/h6-9,12,16H,2-5,10-11,13-14H2,1H3,(H,29,30). The minimum Gasteiger partial charge on any atom is -0.481 e. The molecule has 1 aliphatic rings. The third-order valence-corrected chi connectivity index (χ3v) is 5.67. The third kappa shape index (κ3) is 5.27. The van der Waals surface area contributed by atoms with Gasteiger partial charge in [0.1, 0.15) is 12.4 Å². The van der Waals surface area contributed by atoms with Crippen molar-refractivity contribution in [3.05, 3.63) is 51.5 Å². The second kappa shape index (κ2) is 9.89. The molecule has 0 radical (unpaired) electrons. The number of rotatable bonds is 8. The summed E-state index contributed by atoms with van der Waals surface area (Å²) in [6.07, 6.45) is 3.93. The summed E-state index contributed by atoms with van der Waals surface area (Å²) in [6.45, 7) is 2.55. The Labute approximate surface area is 180 Å². The van der Waals surface area contributed by atoms with Crippen molar-refractivity contribution in [2.45, 2.75) is 45.6 Å². The number of aromatic nitrogens is 2. The minimum atomic E-state index is -0.892. The van der Waals surface area contributed by atoms with Crippen molar-refractivity contribution in [3.63, 3.8) is 0 Å². The second-order valence-electron chi connectivity index (χ2n) is 7.61. The monoisotopic (exact) mass is 431 g/mol. The summed E-state index contributed by atoms with van der Waals surface area (Å²) in [5, 5.41) is 9.76. The van der Waals surface area contributed by atoms with Crippen LogP contribution in [0.2, 0.25) is 5.02 Å². The molecule has 7 nitrogen and oxygen atoms in total. The van der Waals surface area contributed by atoms with E-state index in [9.17, 15) is 14.4 Å². The van der Waals surface area contributed by atoms with Crippen LogP contribution in [0.4, 0.5) is 0 Å². The van der Waals surface area contributed by atoms with Crippen molar-refractivity contribution >= 4 is 23.5 Å². The number of aryl methyl sites for hydroxylation is 1. The number of hydrogen-bond acceptors (Lipinski definition) is 4. The quantitative estimate of drug-likeness (QED) is 0.648. The molecule has 160 valence electrons. The normalized spacial score (nSPS) is 16.1. The molecule has 0 bridgehead atoms. The van der Waals surface area contributed by atoms with Gasteiger partial charge in [-0.05, 0) is 25.0 Å². The molecule has 1 unspecified atom stereocenters. The molecule has 1 saturated heterocycles. The van der Waals surface area contributed by atoms with E-state index >= 15 is 0 Å². The molecule has 1 aromatic carbocycles.